The van der Waals surface area contributed by atoms with Crippen LogP contribution in [0, 0.1) is 0 Å². The van der Waals surface area contributed by atoms with Gasteiger partial charge >= 0.3 is 0 Å². The van der Waals surface area contributed by atoms with Crippen molar-refractivity contribution in [3.05, 3.63) is 0 Å². The predicted molar refractivity (Wildman–Crippen MR) is 38.1 cm³/mol. The first-order chi connectivity index (χ1) is 5.95. The van der Waals surface area contributed by atoms with Gasteiger partial charge in [0.15, 0.2) is 11.9 Å². The summed E-state index contributed by atoms with van der Waals surface area (Å²) in [6, 6.07) is 0. The first-order valence-corrected chi connectivity index (χ1v) is 3.96. The van der Waals surface area contributed by atoms with E-state index in [0.717, 1.165) is 0 Å². The van der Waals surface area contributed by atoms with Crippen molar-refractivity contribution in [2.75, 3.05) is 0 Å². The number of hydrogen-bond acceptors (Lipinski definition) is 4. The number of rotatable bonds is 2. The summed E-state index contributed by atoms with van der Waals surface area (Å²) < 4.78 is 29.5. The van der Waals surface area contributed by atoms with Gasteiger partial charge in [-0.1, -0.05) is 6.92 Å². The summed E-state index contributed by atoms with van der Waals surface area (Å²) in [7, 11) is 0. The Hall–Kier alpha value is -0.300. The van der Waals surface area contributed by atoms with Crippen LogP contribution in [0.15, 0.2) is 0 Å². The Morgan fingerprint density at radius 1 is 1.38 bits per heavy atom. The maximum Gasteiger partial charge on any atom is 0.269 e. The van der Waals surface area contributed by atoms with Crippen LogP contribution >= 0.6 is 0 Å². The standard InChI is InChI=1S/C7H12F2O4/c1-2-7(6(8)9)4(11)3(10)5(12)13-7/h3-6,10-12H,2H2,1H3/t3-,4+,5?,7-/m1/s1. The van der Waals surface area contributed by atoms with Gasteiger partial charge in [0.05, 0.1) is 0 Å². The van der Waals surface area contributed by atoms with Crippen LogP contribution in [0.5, 0.6) is 0 Å². The van der Waals surface area contributed by atoms with E-state index in [2.05, 4.69) is 4.74 Å². The van der Waals surface area contributed by atoms with Crippen molar-refractivity contribution in [2.45, 2.75) is 43.9 Å². The molecule has 0 aromatic carbocycles. The highest BCUT2D eigenvalue weighted by atomic mass is 19.3. The van der Waals surface area contributed by atoms with Crippen molar-refractivity contribution >= 4 is 0 Å². The molecule has 0 bridgehead atoms. The minimum atomic E-state index is -2.95. The van der Waals surface area contributed by atoms with Crippen LogP contribution in [0.1, 0.15) is 13.3 Å². The average molecular weight is 198 g/mol. The molecule has 0 saturated carbocycles. The fraction of sp³-hybridized carbons (Fsp3) is 1.00. The van der Waals surface area contributed by atoms with Crippen molar-refractivity contribution in [2.24, 2.45) is 0 Å². The van der Waals surface area contributed by atoms with Crippen molar-refractivity contribution in [3.8, 4) is 0 Å². The van der Waals surface area contributed by atoms with Crippen LogP contribution in [0.2, 0.25) is 0 Å². The van der Waals surface area contributed by atoms with E-state index in [1.54, 1.807) is 0 Å². The lowest BCUT2D eigenvalue weighted by atomic mass is 9.93. The topological polar surface area (TPSA) is 69.9 Å². The smallest absolute Gasteiger partial charge is 0.269 e. The normalized spacial score (nSPS) is 45.9. The number of aliphatic hydroxyl groups is 3. The van der Waals surface area contributed by atoms with E-state index in [1.807, 2.05) is 0 Å². The minimum Gasteiger partial charge on any atom is -0.387 e. The number of ether oxygens (including phenoxy) is 1. The van der Waals surface area contributed by atoms with Gasteiger partial charge in [0, 0.05) is 0 Å². The lowest BCUT2D eigenvalue weighted by Gasteiger charge is -2.29. The Morgan fingerprint density at radius 3 is 2.08 bits per heavy atom. The molecule has 1 aliphatic heterocycles. The molecular weight excluding hydrogens is 186 g/mol. The van der Waals surface area contributed by atoms with Gasteiger partial charge in [-0.2, -0.15) is 0 Å². The zero-order valence-electron chi connectivity index (χ0n) is 7.02. The molecular formula is C7H12F2O4. The highest BCUT2D eigenvalue weighted by Crippen LogP contribution is 2.37. The SMILES string of the molecule is CC[C@@]1(C(F)F)OC(O)[C@H](O)[C@@H]1O. The molecule has 1 saturated heterocycles. The molecule has 6 heteroatoms. The molecule has 1 aliphatic rings. The summed E-state index contributed by atoms with van der Waals surface area (Å²) in [4.78, 5) is 0. The molecule has 3 N–H and O–H groups in total. The molecule has 1 fully saturated rings. The van der Waals surface area contributed by atoms with Crippen LogP contribution in [0.4, 0.5) is 8.78 Å². The molecule has 78 valence electrons. The maximum absolute atomic E-state index is 12.5. The molecule has 0 amide bonds. The zero-order chi connectivity index (χ0) is 10.2. The largest absolute Gasteiger partial charge is 0.387 e. The van der Waals surface area contributed by atoms with Gasteiger partial charge < -0.3 is 20.1 Å². The van der Waals surface area contributed by atoms with E-state index in [9.17, 15) is 13.9 Å². The molecule has 4 nitrogen and oxygen atoms in total. The third-order valence-electron chi connectivity index (χ3n) is 2.38. The highest BCUT2D eigenvalue weighted by molar-refractivity contribution is 5.00. The summed E-state index contributed by atoms with van der Waals surface area (Å²) >= 11 is 0. The molecule has 1 rings (SSSR count). The summed E-state index contributed by atoms with van der Waals surface area (Å²) in [6.07, 6.45) is -8.30. The van der Waals surface area contributed by atoms with Gasteiger partial charge in [-0.15, -0.1) is 0 Å². The lowest BCUT2D eigenvalue weighted by molar-refractivity contribution is -0.208. The molecule has 4 atom stereocenters. The van der Waals surface area contributed by atoms with E-state index < -0.39 is 30.5 Å². The maximum atomic E-state index is 12.5. The molecule has 0 radical (unpaired) electrons. The van der Waals surface area contributed by atoms with Gasteiger partial charge in [0.2, 0.25) is 0 Å². The summed E-state index contributed by atoms with van der Waals surface area (Å²) in [5, 5.41) is 27.2. The average Bonchev–Trinajstić information content (AvgIpc) is 2.30. The van der Waals surface area contributed by atoms with Crippen LogP contribution < -0.4 is 0 Å². The fourth-order valence-corrected chi connectivity index (χ4v) is 1.44. The van der Waals surface area contributed by atoms with Crippen LogP contribution in [0.3, 0.4) is 0 Å². The van der Waals surface area contributed by atoms with Crippen molar-refractivity contribution in [1.82, 2.24) is 0 Å². The summed E-state index contributed by atoms with van der Waals surface area (Å²) in [5.41, 5.74) is -2.14. The van der Waals surface area contributed by atoms with E-state index >= 15 is 0 Å². The van der Waals surface area contributed by atoms with Crippen molar-refractivity contribution in [3.63, 3.8) is 0 Å². The second-order valence-corrected chi connectivity index (χ2v) is 3.05. The fourth-order valence-electron chi connectivity index (χ4n) is 1.44. The molecule has 1 heterocycles. The number of aliphatic hydroxyl groups excluding tert-OH is 3. The van der Waals surface area contributed by atoms with Gasteiger partial charge in [-0.05, 0) is 6.42 Å². The zero-order valence-corrected chi connectivity index (χ0v) is 7.02. The Morgan fingerprint density at radius 2 is 1.92 bits per heavy atom. The van der Waals surface area contributed by atoms with Crippen LogP contribution in [-0.4, -0.2) is 45.8 Å². The van der Waals surface area contributed by atoms with Gasteiger partial charge in [0.1, 0.15) is 12.2 Å². The molecule has 0 spiro atoms. The third-order valence-corrected chi connectivity index (χ3v) is 2.38. The van der Waals surface area contributed by atoms with Gasteiger partial charge in [-0.3, -0.25) is 0 Å². The minimum absolute atomic E-state index is 0.181. The Labute approximate surface area is 73.8 Å². The second kappa shape index (κ2) is 3.45. The quantitative estimate of drug-likeness (QED) is 0.558. The Bertz CT molecular complexity index is 189. The molecule has 1 unspecified atom stereocenters. The van der Waals surface area contributed by atoms with Crippen LogP contribution in [0.25, 0.3) is 0 Å². The molecule has 0 aromatic rings. The summed E-state index contributed by atoms with van der Waals surface area (Å²) in [5.74, 6) is 0. The molecule has 13 heavy (non-hydrogen) atoms. The molecule has 0 aromatic heterocycles. The van der Waals surface area contributed by atoms with Gasteiger partial charge in [-0.25, -0.2) is 8.78 Å². The monoisotopic (exact) mass is 198 g/mol. The van der Waals surface area contributed by atoms with Crippen molar-refractivity contribution < 1.29 is 28.8 Å². The Balaban J connectivity index is 2.89. The van der Waals surface area contributed by atoms with E-state index in [1.165, 1.54) is 6.92 Å². The lowest BCUT2D eigenvalue weighted by Crippen LogP contribution is -2.48. The van der Waals surface area contributed by atoms with Crippen molar-refractivity contribution in [1.29, 1.82) is 0 Å². The van der Waals surface area contributed by atoms with E-state index in [0.29, 0.717) is 0 Å². The van der Waals surface area contributed by atoms with Crippen LogP contribution in [-0.2, 0) is 4.74 Å². The highest BCUT2D eigenvalue weighted by Gasteiger charge is 2.58. The predicted octanol–water partition coefficient (Wildman–Crippen LogP) is -0.529. The third kappa shape index (κ3) is 1.43. The van der Waals surface area contributed by atoms with E-state index in [-0.39, 0.29) is 6.42 Å². The van der Waals surface area contributed by atoms with E-state index in [4.69, 9.17) is 10.2 Å². The summed E-state index contributed by atoms with van der Waals surface area (Å²) in [6.45, 7) is 1.39. The number of hydrogen-bond donors (Lipinski definition) is 3. The first-order valence-electron chi connectivity index (χ1n) is 3.96. The Kier molecular flexibility index (Phi) is 2.86. The second-order valence-electron chi connectivity index (χ2n) is 3.05. The first kappa shape index (κ1) is 10.8. The number of halogens is 2. The molecule has 0 aliphatic carbocycles. The van der Waals surface area contributed by atoms with Gasteiger partial charge in [0.25, 0.3) is 6.43 Å². The number of alkyl halides is 2.